The minimum atomic E-state index is -1.17. The van der Waals surface area contributed by atoms with Crippen LogP contribution < -0.4 is 11.0 Å². The first-order chi connectivity index (χ1) is 19.1. The standard InChI is InChI=1S/C26H30N6O8/c1-13(33)28-16-10-11-32(25(35)29-16)22-21(40-24(34)26(2,3)4)20-19(38-22)17(30-31-27)18-15(37-20)12-36-23(39-18)14-8-6-5-7-9-14/h5-11,15,17-23H,12H2,1-4H3,(H,28,29,33,35)/t15-,17-,18+,19-,20-,21-,22-,23+/m1/s1. The van der Waals surface area contributed by atoms with Crippen LogP contribution in [-0.2, 0) is 33.3 Å². The predicted molar refractivity (Wildman–Crippen MR) is 138 cm³/mol. The molecule has 2 aromatic rings. The fourth-order valence-corrected chi connectivity index (χ4v) is 4.93. The molecule has 1 N–H and O–H groups in total. The number of hydrogen-bond acceptors (Lipinski definition) is 10. The van der Waals surface area contributed by atoms with Gasteiger partial charge < -0.3 is 29.0 Å². The van der Waals surface area contributed by atoms with Crippen LogP contribution >= 0.6 is 0 Å². The molecule has 14 nitrogen and oxygen atoms in total. The van der Waals surface area contributed by atoms with Crippen LogP contribution in [0, 0.1) is 5.41 Å². The Morgan fingerprint density at radius 2 is 1.88 bits per heavy atom. The maximum atomic E-state index is 13.0. The number of fused-ring (bicyclic) bond motifs is 2. The summed E-state index contributed by atoms with van der Waals surface area (Å²) >= 11 is 0. The number of amides is 1. The van der Waals surface area contributed by atoms with E-state index in [1.807, 2.05) is 30.3 Å². The van der Waals surface area contributed by atoms with Crippen molar-refractivity contribution in [3.8, 4) is 0 Å². The molecule has 0 spiro atoms. The molecule has 3 fully saturated rings. The van der Waals surface area contributed by atoms with Gasteiger partial charge in [-0.1, -0.05) is 35.4 Å². The maximum absolute atomic E-state index is 13.0. The smallest absolute Gasteiger partial charge is 0.351 e. The second-order valence-corrected chi connectivity index (χ2v) is 10.8. The largest absolute Gasteiger partial charge is 0.454 e. The van der Waals surface area contributed by atoms with Gasteiger partial charge in [-0.2, -0.15) is 4.98 Å². The van der Waals surface area contributed by atoms with E-state index < -0.39 is 72.1 Å². The summed E-state index contributed by atoms with van der Waals surface area (Å²) in [6.07, 6.45) is -4.90. The third-order valence-corrected chi connectivity index (χ3v) is 6.81. The fraction of sp³-hybridized carbons (Fsp3) is 0.538. The minimum absolute atomic E-state index is 0.0547. The van der Waals surface area contributed by atoms with E-state index in [4.69, 9.17) is 23.7 Å². The van der Waals surface area contributed by atoms with E-state index in [9.17, 15) is 19.9 Å². The number of azide groups is 1. The van der Waals surface area contributed by atoms with Gasteiger partial charge in [-0.15, -0.1) is 0 Å². The molecule has 8 atom stereocenters. The maximum Gasteiger partial charge on any atom is 0.351 e. The van der Waals surface area contributed by atoms with Gasteiger partial charge in [0.1, 0.15) is 30.2 Å². The number of hydrogen-bond donors (Lipinski definition) is 1. The molecule has 3 saturated heterocycles. The summed E-state index contributed by atoms with van der Waals surface area (Å²) in [5, 5.41) is 6.45. The highest BCUT2D eigenvalue weighted by Crippen LogP contribution is 2.44. The Kier molecular flexibility index (Phi) is 7.62. The zero-order chi connectivity index (χ0) is 28.6. The van der Waals surface area contributed by atoms with Crippen molar-refractivity contribution in [2.24, 2.45) is 10.5 Å². The van der Waals surface area contributed by atoms with Crippen LogP contribution in [0.5, 0.6) is 0 Å². The third-order valence-electron chi connectivity index (χ3n) is 6.81. The minimum Gasteiger partial charge on any atom is -0.454 e. The quantitative estimate of drug-likeness (QED) is 0.252. The van der Waals surface area contributed by atoms with Crippen LogP contribution in [0.3, 0.4) is 0 Å². The van der Waals surface area contributed by atoms with Gasteiger partial charge in [0, 0.05) is 23.6 Å². The van der Waals surface area contributed by atoms with E-state index >= 15 is 0 Å². The van der Waals surface area contributed by atoms with Crippen molar-refractivity contribution in [3.05, 3.63) is 69.1 Å². The summed E-state index contributed by atoms with van der Waals surface area (Å²) in [6, 6.07) is 9.82. The average molecular weight is 555 g/mol. The molecule has 0 bridgehead atoms. The number of carbonyl (C=O) groups is 2. The first kappa shape index (κ1) is 27.7. The number of rotatable bonds is 5. The summed E-state index contributed by atoms with van der Waals surface area (Å²) in [5.74, 6) is -0.887. The molecule has 3 aliphatic rings. The normalized spacial score (nSPS) is 31.3. The Bertz CT molecular complexity index is 1370. The molecule has 4 heterocycles. The number of benzene rings is 1. The van der Waals surface area contributed by atoms with E-state index in [2.05, 4.69) is 20.3 Å². The first-order valence-electron chi connectivity index (χ1n) is 12.8. The van der Waals surface area contributed by atoms with Gasteiger partial charge >= 0.3 is 11.7 Å². The second-order valence-electron chi connectivity index (χ2n) is 10.8. The van der Waals surface area contributed by atoms with Crippen LogP contribution in [0.4, 0.5) is 5.82 Å². The average Bonchev–Trinajstić information content (AvgIpc) is 3.25. The van der Waals surface area contributed by atoms with E-state index in [0.717, 1.165) is 10.1 Å². The Morgan fingerprint density at radius 3 is 2.52 bits per heavy atom. The Hall–Kier alpha value is -3.81. The molecule has 1 aromatic heterocycles. The van der Waals surface area contributed by atoms with E-state index in [1.54, 1.807) is 20.8 Å². The number of nitrogens with zero attached hydrogens (tertiary/aromatic N) is 5. The highest BCUT2D eigenvalue weighted by atomic mass is 16.7. The molecule has 40 heavy (non-hydrogen) atoms. The Labute approximate surface area is 229 Å². The molecule has 3 aliphatic heterocycles. The zero-order valence-electron chi connectivity index (χ0n) is 22.4. The summed E-state index contributed by atoms with van der Waals surface area (Å²) < 4.78 is 31.8. The molecule has 1 aromatic carbocycles. The molecule has 0 unspecified atom stereocenters. The number of esters is 1. The molecule has 212 valence electrons. The van der Waals surface area contributed by atoms with Gasteiger partial charge in [-0.3, -0.25) is 14.2 Å². The topological polar surface area (TPSA) is 176 Å². The molecule has 0 saturated carbocycles. The summed E-state index contributed by atoms with van der Waals surface area (Å²) in [5.41, 5.74) is 8.60. The molecule has 5 rings (SSSR count). The molecule has 0 radical (unpaired) electrons. The van der Waals surface area contributed by atoms with Crippen molar-refractivity contribution in [1.29, 1.82) is 0 Å². The molecular formula is C26H30N6O8. The van der Waals surface area contributed by atoms with E-state index in [0.29, 0.717) is 0 Å². The lowest BCUT2D eigenvalue weighted by molar-refractivity contribution is -0.305. The van der Waals surface area contributed by atoms with Crippen LogP contribution in [0.1, 0.15) is 45.8 Å². The first-order valence-corrected chi connectivity index (χ1v) is 12.8. The Balaban J connectivity index is 1.50. The molecule has 14 heteroatoms. The highest BCUT2D eigenvalue weighted by molar-refractivity contribution is 5.87. The highest BCUT2D eigenvalue weighted by Gasteiger charge is 2.60. The van der Waals surface area contributed by atoms with Gasteiger partial charge in [0.25, 0.3) is 0 Å². The van der Waals surface area contributed by atoms with Gasteiger partial charge in [0.05, 0.1) is 18.1 Å². The molecule has 1 amide bonds. The number of nitrogens with one attached hydrogen (secondary N) is 1. The van der Waals surface area contributed by atoms with Crippen LogP contribution in [0.2, 0.25) is 0 Å². The zero-order valence-corrected chi connectivity index (χ0v) is 22.4. The number of aromatic nitrogens is 2. The van der Waals surface area contributed by atoms with Gasteiger partial charge in [-0.25, -0.2) is 4.79 Å². The van der Waals surface area contributed by atoms with Crippen molar-refractivity contribution in [3.63, 3.8) is 0 Å². The lowest BCUT2D eigenvalue weighted by Crippen LogP contribution is -2.61. The Morgan fingerprint density at radius 1 is 1.12 bits per heavy atom. The summed E-state index contributed by atoms with van der Waals surface area (Å²) in [4.78, 5) is 44.4. The van der Waals surface area contributed by atoms with Gasteiger partial charge in [0.15, 0.2) is 18.6 Å². The number of ether oxygens (including phenoxy) is 5. The van der Waals surface area contributed by atoms with E-state index in [1.165, 1.54) is 19.2 Å². The fourth-order valence-electron chi connectivity index (χ4n) is 4.93. The third kappa shape index (κ3) is 5.44. The van der Waals surface area contributed by atoms with Crippen molar-refractivity contribution < 1.29 is 33.3 Å². The van der Waals surface area contributed by atoms with E-state index in [-0.39, 0.29) is 12.4 Å². The monoisotopic (exact) mass is 554 g/mol. The second kappa shape index (κ2) is 11.0. The molecule has 0 aliphatic carbocycles. The summed E-state index contributed by atoms with van der Waals surface area (Å²) in [6.45, 7) is 6.49. The van der Waals surface area contributed by atoms with Crippen molar-refractivity contribution in [1.82, 2.24) is 9.55 Å². The van der Waals surface area contributed by atoms with Gasteiger partial charge in [-0.05, 0) is 32.4 Å². The number of carbonyl (C=O) groups excluding carboxylic acids is 2. The van der Waals surface area contributed by atoms with Crippen molar-refractivity contribution in [2.45, 2.75) is 76.8 Å². The molecular weight excluding hydrogens is 524 g/mol. The van der Waals surface area contributed by atoms with Crippen LogP contribution in [0.25, 0.3) is 10.4 Å². The lowest BCUT2D eigenvalue weighted by atomic mass is 9.91. The lowest BCUT2D eigenvalue weighted by Gasteiger charge is -2.46. The van der Waals surface area contributed by atoms with Crippen molar-refractivity contribution >= 4 is 17.7 Å². The van der Waals surface area contributed by atoms with Gasteiger partial charge in [0.2, 0.25) is 5.91 Å². The van der Waals surface area contributed by atoms with Crippen molar-refractivity contribution in [2.75, 3.05) is 11.9 Å². The predicted octanol–water partition coefficient (Wildman–Crippen LogP) is 2.62. The van der Waals surface area contributed by atoms with Crippen LogP contribution in [-0.4, -0.2) is 64.6 Å². The van der Waals surface area contributed by atoms with Crippen LogP contribution in [0.15, 0.2) is 52.5 Å². The summed E-state index contributed by atoms with van der Waals surface area (Å²) in [7, 11) is 0. The SMILES string of the molecule is CC(=O)Nc1ccn([C@@H]2O[C@@H]3[C@H](N=[N+]=[N-])[C@H]4O[C@@H](c5ccccc5)OC[C@H]4O[C@H]3[C@H]2OC(=O)C(C)(C)C)c(=O)n1. The number of anilines is 1.